The van der Waals surface area contributed by atoms with Crippen LogP contribution in [0.15, 0.2) is 77.9 Å². The van der Waals surface area contributed by atoms with E-state index in [1.807, 2.05) is 54.6 Å². The summed E-state index contributed by atoms with van der Waals surface area (Å²) in [6.45, 7) is 0.379. The molecule has 5 rings (SSSR count). The molecule has 0 fully saturated rings. The Morgan fingerprint density at radius 1 is 0.871 bits per heavy atom. The first-order valence-electron chi connectivity index (χ1n) is 10.1. The van der Waals surface area contributed by atoms with E-state index in [2.05, 4.69) is 22.2 Å². The topological polar surface area (TPSA) is 74.3 Å². The highest BCUT2D eigenvalue weighted by atomic mass is 16.5. The van der Waals surface area contributed by atoms with Gasteiger partial charge in [-0.05, 0) is 48.2 Å². The highest BCUT2D eigenvalue weighted by Gasteiger charge is 2.15. The first kappa shape index (κ1) is 19.0. The second kappa shape index (κ2) is 8.02. The van der Waals surface area contributed by atoms with E-state index in [1.165, 1.54) is 16.4 Å². The van der Waals surface area contributed by atoms with Gasteiger partial charge in [0.15, 0.2) is 5.65 Å². The molecule has 7 nitrogen and oxygen atoms in total. The fourth-order valence-electron chi connectivity index (χ4n) is 3.75. The van der Waals surface area contributed by atoms with Crippen LogP contribution < -0.4 is 10.4 Å². The second-order valence-electron chi connectivity index (χ2n) is 7.37. The van der Waals surface area contributed by atoms with Crippen molar-refractivity contribution in [3.63, 3.8) is 0 Å². The van der Waals surface area contributed by atoms with Gasteiger partial charge >= 0.3 is 5.69 Å². The first-order valence-corrected chi connectivity index (χ1v) is 10.1. The van der Waals surface area contributed by atoms with Crippen LogP contribution in [0.2, 0.25) is 0 Å². The quantitative estimate of drug-likeness (QED) is 0.429. The van der Waals surface area contributed by atoms with E-state index in [1.54, 1.807) is 11.7 Å². The van der Waals surface area contributed by atoms with Crippen LogP contribution in [0.5, 0.6) is 5.75 Å². The molecule has 0 saturated carbocycles. The monoisotopic (exact) mass is 411 g/mol. The Morgan fingerprint density at radius 3 is 2.45 bits per heavy atom. The molecule has 0 saturated heterocycles. The van der Waals surface area contributed by atoms with Crippen molar-refractivity contribution in [2.24, 2.45) is 0 Å². The minimum Gasteiger partial charge on any atom is -0.497 e. The van der Waals surface area contributed by atoms with Crippen LogP contribution in [0.1, 0.15) is 16.8 Å². The molecule has 0 aliphatic heterocycles. The van der Waals surface area contributed by atoms with Crippen molar-refractivity contribution in [2.75, 3.05) is 7.11 Å². The lowest BCUT2D eigenvalue weighted by molar-refractivity contribution is 0.414. The molecule has 5 aromatic rings. The zero-order valence-electron chi connectivity index (χ0n) is 17.1. The largest absolute Gasteiger partial charge is 0.497 e. The number of aryl methyl sites for hydroxylation is 2. The van der Waals surface area contributed by atoms with Crippen molar-refractivity contribution in [2.45, 2.75) is 19.4 Å². The van der Waals surface area contributed by atoms with Crippen LogP contribution in [0, 0.1) is 0 Å². The van der Waals surface area contributed by atoms with E-state index in [0.29, 0.717) is 17.8 Å². The molecular formula is C24H21N5O2. The third-order valence-corrected chi connectivity index (χ3v) is 5.40. The average molecular weight is 411 g/mol. The fraction of sp³-hybridized carbons (Fsp3) is 0.167. The fourth-order valence-corrected chi connectivity index (χ4v) is 3.75. The van der Waals surface area contributed by atoms with Crippen molar-refractivity contribution < 1.29 is 4.74 Å². The predicted octanol–water partition coefficient (Wildman–Crippen LogP) is 3.28. The molecule has 0 unspecified atom stereocenters. The minimum atomic E-state index is -0.261. The molecule has 7 heteroatoms. The number of nitrogens with zero attached hydrogens (tertiary/aromatic N) is 5. The van der Waals surface area contributed by atoms with Crippen LogP contribution in [-0.4, -0.2) is 31.3 Å². The third kappa shape index (κ3) is 3.66. The third-order valence-electron chi connectivity index (χ3n) is 5.40. The van der Waals surface area contributed by atoms with Gasteiger partial charge in [0, 0.05) is 5.69 Å². The van der Waals surface area contributed by atoms with Crippen molar-refractivity contribution in [3.05, 3.63) is 100 Å². The molecule has 3 aromatic heterocycles. The number of hydrogen-bond donors (Lipinski definition) is 0. The Kier molecular flexibility index (Phi) is 4.92. The summed E-state index contributed by atoms with van der Waals surface area (Å²) in [5.41, 5.74) is 4.04. The molecule has 0 atom stereocenters. The zero-order chi connectivity index (χ0) is 21.2. The smallest absolute Gasteiger partial charge is 0.352 e. The number of ether oxygens (including phenoxy) is 1. The van der Waals surface area contributed by atoms with E-state index in [0.717, 1.165) is 35.2 Å². The van der Waals surface area contributed by atoms with Crippen LogP contribution in [0.25, 0.3) is 16.7 Å². The summed E-state index contributed by atoms with van der Waals surface area (Å²) < 4.78 is 8.22. The number of hydrogen-bond acceptors (Lipinski definition) is 5. The summed E-state index contributed by atoms with van der Waals surface area (Å²) in [7, 11) is 1.63. The molecular weight excluding hydrogens is 390 g/mol. The van der Waals surface area contributed by atoms with E-state index >= 15 is 0 Å². The maximum atomic E-state index is 13.2. The maximum Gasteiger partial charge on any atom is 0.352 e. The molecule has 0 amide bonds. The van der Waals surface area contributed by atoms with Crippen LogP contribution >= 0.6 is 0 Å². The molecule has 0 bridgehead atoms. The van der Waals surface area contributed by atoms with E-state index in [-0.39, 0.29) is 5.69 Å². The van der Waals surface area contributed by atoms with Crippen LogP contribution in [-0.2, 0) is 19.4 Å². The number of fused-ring (bicyclic) bond motifs is 3. The number of benzene rings is 2. The van der Waals surface area contributed by atoms with Crippen molar-refractivity contribution >= 4 is 16.7 Å². The normalized spacial score (nSPS) is 11.3. The molecule has 0 spiro atoms. The van der Waals surface area contributed by atoms with Gasteiger partial charge < -0.3 is 4.74 Å². The zero-order valence-corrected chi connectivity index (χ0v) is 17.1. The van der Waals surface area contributed by atoms with Crippen LogP contribution in [0.4, 0.5) is 0 Å². The lowest BCUT2D eigenvalue weighted by atomic mass is 10.1. The highest BCUT2D eigenvalue weighted by molar-refractivity contribution is 5.88. The Morgan fingerprint density at radius 2 is 1.68 bits per heavy atom. The van der Waals surface area contributed by atoms with Gasteiger partial charge in [0.1, 0.15) is 17.7 Å². The van der Waals surface area contributed by atoms with E-state index in [4.69, 9.17) is 9.72 Å². The number of methoxy groups -OCH3 is 1. The van der Waals surface area contributed by atoms with Gasteiger partial charge in [-0.15, -0.1) is 0 Å². The number of pyridine rings is 1. The minimum absolute atomic E-state index is 0.261. The molecule has 0 aliphatic rings. The molecule has 0 aliphatic carbocycles. The van der Waals surface area contributed by atoms with E-state index < -0.39 is 0 Å². The van der Waals surface area contributed by atoms with Gasteiger partial charge in [-0.1, -0.05) is 42.5 Å². The van der Waals surface area contributed by atoms with Gasteiger partial charge in [-0.2, -0.15) is 9.61 Å². The molecule has 0 radical (unpaired) electrons. The summed E-state index contributed by atoms with van der Waals surface area (Å²) in [6, 6.07) is 22.0. The van der Waals surface area contributed by atoms with Gasteiger partial charge in [-0.3, -0.25) is 4.57 Å². The van der Waals surface area contributed by atoms with Crippen molar-refractivity contribution in [1.82, 2.24) is 24.1 Å². The molecule has 0 N–H and O–H groups in total. The lowest BCUT2D eigenvalue weighted by Crippen LogP contribution is -2.29. The lowest BCUT2D eigenvalue weighted by Gasteiger charge is -2.12. The number of aromatic nitrogens is 5. The standard InChI is InChI=1S/C24H21N5O2/c1-31-20-12-8-18(9-13-20)15-28-23-21(22-25-16-26-29(22)24(28)30)14-11-19(27-23)10-7-17-5-3-2-4-6-17/h2-6,8-9,11-14,16H,7,10,15H2,1H3. The molecule has 2 aromatic carbocycles. The predicted molar refractivity (Wildman–Crippen MR) is 118 cm³/mol. The Labute approximate surface area is 178 Å². The Hall–Kier alpha value is -4.00. The van der Waals surface area contributed by atoms with Gasteiger partial charge in [-0.25, -0.2) is 14.8 Å². The molecule has 31 heavy (non-hydrogen) atoms. The second-order valence-corrected chi connectivity index (χ2v) is 7.37. The summed E-state index contributed by atoms with van der Waals surface area (Å²) >= 11 is 0. The molecule has 154 valence electrons. The Bertz CT molecular complexity index is 1410. The maximum absolute atomic E-state index is 13.2. The summed E-state index contributed by atoms with van der Waals surface area (Å²) in [5.74, 6) is 0.772. The highest BCUT2D eigenvalue weighted by Crippen LogP contribution is 2.19. The summed E-state index contributed by atoms with van der Waals surface area (Å²) in [5, 5.41) is 4.92. The molecule has 3 heterocycles. The van der Waals surface area contributed by atoms with Crippen molar-refractivity contribution in [3.8, 4) is 5.75 Å². The SMILES string of the molecule is COc1ccc(Cn2c(=O)n3ncnc3c3ccc(CCc4ccccc4)nc32)cc1. The van der Waals surface area contributed by atoms with E-state index in [9.17, 15) is 4.79 Å². The number of rotatable bonds is 6. The summed E-state index contributed by atoms with van der Waals surface area (Å²) in [4.78, 5) is 22.3. The van der Waals surface area contributed by atoms with Gasteiger partial charge in [0.2, 0.25) is 0 Å². The van der Waals surface area contributed by atoms with Gasteiger partial charge in [0.25, 0.3) is 0 Å². The van der Waals surface area contributed by atoms with Crippen molar-refractivity contribution in [1.29, 1.82) is 0 Å². The Balaban J connectivity index is 1.58. The summed E-state index contributed by atoms with van der Waals surface area (Å²) in [6.07, 6.45) is 3.07. The van der Waals surface area contributed by atoms with Gasteiger partial charge in [0.05, 0.1) is 19.0 Å². The van der Waals surface area contributed by atoms with Crippen LogP contribution in [0.3, 0.4) is 0 Å². The average Bonchev–Trinajstić information content (AvgIpc) is 3.32. The first-order chi connectivity index (χ1) is 15.2.